The highest BCUT2D eigenvalue weighted by molar-refractivity contribution is 9.10. The van der Waals surface area contributed by atoms with Crippen molar-refractivity contribution in [2.45, 2.75) is 6.42 Å². The molecular formula is C21H22BrN3O5. The minimum Gasteiger partial charge on any atom is -0.495 e. The number of halogens is 1. The number of ether oxygens (including phenoxy) is 3. The summed E-state index contributed by atoms with van der Waals surface area (Å²) in [4.78, 5) is 24.0. The van der Waals surface area contributed by atoms with Gasteiger partial charge >= 0.3 is 0 Å². The van der Waals surface area contributed by atoms with Gasteiger partial charge in [0, 0.05) is 0 Å². The molecule has 2 aromatic rings. The van der Waals surface area contributed by atoms with E-state index in [9.17, 15) is 9.59 Å². The van der Waals surface area contributed by atoms with Crippen LogP contribution in [0, 0.1) is 0 Å². The summed E-state index contributed by atoms with van der Waals surface area (Å²) in [6.07, 6.45) is 2.66. The third kappa shape index (κ3) is 6.63. The lowest BCUT2D eigenvalue weighted by Crippen LogP contribution is -2.24. The summed E-state index contributed by atoms with van der Waals surface area (Å²) >= 11 is 3.41. The molecule has 2 rings (SSSR count). The summed E-state index contributed by atoms with van der Waals surface area (Å²) < 4.78 is 16.7. The Morgan fingerprint density at radius 1 is 1.13 bits per heavy atom. The first-order chi connectivity index (χ1) is 14.5. The van der Waals surface area contributed by atoms with E-state index in [4.69, 9.17) is 14.2 Å². The molecule has 0 spiro atoms. The molecule has 0 bridgehead atoms. The number of methoxy groups -OCH3 is 2. The molecular weight excluding hydrogens is 454 g/mol. The number of amides is 2. The quantitative estimate of drug-likeness (QED) is 0.237. The molecule has 0 unspecified atom stereocenters. The molecule has 0 aliphatic rings. The van der Waals surface area contributed by atoms with Crippen LogP contribution in [-0.4, -0.2) is 38.9 Å². The molecule has 2 amide bonds. The minimum absolute atomic E-state index is 0.329. The van der Waals surface area contributed by atoms with Crippen LogP contribution in [0.2, 0.25) is 0 Å². The number of hydrogen-bond acceptors (Lipinski definition) is 6. The van der Waals surface area contributed by atoms with E-state index >= 15 is 0 Å². The predicted molar refractivity (Wildman–Crippen MR) is 118 cm³/mol. The van der Waals surface area contributed by atoms with Crippen molar-refractivity contribution in [3.05, 3.63) is 59.1 Å². The Morgan fingerprint density at radius 3 is 2.57 bits per heavy atom. The van der Waals surface area contributed by atoms with Gasteiger partial charge in [0.1, 0.15) is 18.8 Å². The van der Waals surface area contributed by atoms with Gasteiger partial charge < -0.3 is 19.5 Å². The molecule has 0 atom stereocenters. The highest BCUT2D eigenvalue weighted by Crippen LogP contribution is 2.36. The van der Waals surface area contributed by atoms with Crippen LogP contribution in [0.5, 0.6) is 17.2 Å². The maximum absolute atomic E-state index is 12.1. The summed E-state index contributed by atoms with van der Waals surface area (Å²) in [7, 11) is 3.02. The summed E-state index contributed by atoms with van der Waals surface area (Å²) in [6.45, 7) is 3.94. The number of para-hydroxylation sites is 2. The highest BCUT2D eigenvalue weighted by atomic mass is 79.9. The van der Waals surface area contributed by atoms with Crippen molar-refractivity contribution in [2.24, 2.45) is 5.10 Å². The predicted octanol–water partition coefficient (Wildman–Crippen LogP) is 3.51. The van der Waals surface area contributed by atoms with Gasteiger partial charge in [0.25, 0.3) is 0 Å². The molecule has 0 saturated heterocycles. The van der Waals surface area contributed by atoms with Crippen molar-refractivity contribution in [1.82, 2.24) is 5.43 Å². The van der Waals surface area contributed by atoms with Gasteiger partial charge in [0.2, 0.25) is 11.8 Å². The topological polar surface area (TPSA) is 98.2 Å². The molecule has 0 heterocycles. The Hall–Kier alpha value is -3.33. The van der Waals surface area contributed by atoms with Gasteiger partial charge in [0.05, 0.1) is 30.6 Å². The van der Waals surface area contributed by atoms with Crippen LogP contribution < -0.4 is 25.0 Å². The van der Waals surface area contributed by atoms with Crippen molar-refractivity contribution in [1.29, 1.82) is 0 Å². The van der Waals surface area contributed by atoms with E-state index in [2.05, 4.69) is 38.4 Å². The standard InChI is InChI=1S/C21H22BrN3O5/c1-4-9-30-21-15(22)10-14(11-18(21)29-3)13-23-25-20(27)12-19(26)24-16-7-5-6-8-17(16)28-2/h4-8,10-11,13H,1,9,12H2,2-3H3,(H,24,26)(H,25,27). The van der Waals surface area contributed by atoms with Gasteiger partial charge in [-0.05, 0) is 45.8 Å². The molecule has 0 aliphatic carbocycles. The van der Waals surface area contributed by atoms with E-state index in [1.165, 1.54) is 20.4 Å². The number of carbonyl (C=O) groups excluding carboxylic acids is 2. The number of hydrazone groups is 1. The summed E-state index contributed by atoms with van der Waals surface area (Å²) in [5.74, 6) is 0.488. The Kier molecular flexibility index (Phi) is 8.89. The van der Waals surface area contributed by atoms with Crippen LogP contribution in [0.4, 0.5) is 5.69 Å². The number of benzene rings is 2. The second-order valence-electron chi connectivity index (χ2n) is 5.85. The van der Waals surface area contributed by atoms with Gasteiger partial charge in [0.15, 0.2) is 11.5 Å². The Bertz CT molecular complexity index is 946. The van der Waals surface area contributed by atoms with E-state index < -0.39 is 18.2 Å². The van der Waals surface area contributed by atoms with Crippen LogP contribution in [0.25, 0.3) is 0 Å². The van der Waals surface area contributed by atoms with Gasteiger partial charge in [-0.3, -0.25) is 9.59 Å². The third-order valence-corrected chi connectivity index (χ3v) is 4.29. The lowest BCUT2D eigenvalue weighted by Gasteiger charge is -2.12. The lowest BCUT2D eigenvalue weighted by molar-refractivity contribution is -0.126. The maximum atomic E-state index is 12.1. The number of nitrogens with one attached hydrogen (secondary N) is 2. The van der Waals surface area contributed by atoms with E-state index in [1.807, 2.05) is 0 Å². The normalized spacial score (nSPS) is 10.4. The van der Waals surface area contributed by atoms with Crippen LogP contribution in [0.3, 0.4) is 0 Å². The molecule has 0 radical (unpaired) electrons. The van der Waals surface area contributed by atoms with Crippen molar-refractivity contribution in [2.75, 3.05) is 26.1 Å². The molecule has 2 N–H and O–H groups in total. The first-order valence-electron chi connectivity index (χ1n) is 8.84. The van der Waals surface area contributed by atoms with Gasteiger partial charge in [-0.1, -0.05) is 24.8 Å². The van der Waals surface area contributed by atoms with Crippen LogP contribution in [-0.2, 0) is 9.59 Å². The molecule has 2 aromatic carbocycles. The van der Waals surface area contributed by atoms with Gasteiger partial charge in [-0.2, -0.15) is 5.10 Å². The third-order valence-electron chi connectivity index (χ3n) is 3.70. The largest absolute Gasteiger partial charge is 0.495 e. The van der Waals surface area contributed by atoms with E-state index in [-0.39, 0.29) is 0 Å². The van der Waals surface area contributed by atoms with Crippen LogP contribution in [0.15, 0.2) is 58.6 Å². The summed E-state index contributed by atoms with van der Waals surface area (Å²) in [6, 6.07) is 10.4. The Balaban J connectivity index is 1.94. The van der Waals surface area contributed by atoms with E-state index in [0.717, 1.165) is 0 Å². The molecule has 0 saturated carbocycles. The highest BCUT2D eigenvalue weighted by Gasteiger charge is 2.12. The van der Waals surface area contributed by atoms with Crippen LogP contribution >= 0.6 is 15.9 Å². The molecule has 30 heavy (non-hydrogen) atoms. The molecule has 0 aromatic heterocycles. The average Bonchev–Trinajstić information content (AvgIpc) is 2.72. The van der Waals surface area contributed by atoms with E-state index in [0.29, 0.717) is 39.6 Å². The smallest absolute Gasteiger partial charge is 0.249 e. The number of anilines is 1. The van der Waals surface area contributed by atoms with E-state index in [1.54, 1.807) is 42.5 Å². The number of hydrogen-bond donors (Lipinski definition) is 2. The lowest BCUT2D eigenvalue weighted by atomic mass is 10.2. The minimum atomic E-state index is -0.560. The first kappa shape index (κ1) is 23.0. The fourth-order valence-corrected chi connectivity index (χ4v) is 2.98. The van der Waals surface area contributed by atoms with Crippen molar-refractivity contribution in [3.8, 4) is 17.2 Å². The monoisotopic (exact) mass is 475 g/mol. The molecule has 8 nitrogen and oxygen atoms in total. The Morgan fingerprint density at radius 2 is 1.87 bits per heavy atom. The average molecular weight is 476 g/mol. The first-order valence-corrected chi connectivity index (χ1v) is 9.63. The fourth-order valence-electron chi connectivity index (χ4n) is 2.40. The number of nitrogens with zero attached hydrogens (tertiary/aromatic N) is 1. The fraction of sp³-hybridized carbons (Fsp3) is 0.190. The second kappa shape index (κ2) is 11.6. The Labute approximate surface area is 183 Å². The molecule has 158 valence electrons. The number of carbonyl (C=O) groups is 2. The summed E-state index contributed by atoms with van der Waals surface area (Å²) in [5.41, 5.74) is 3.46. The zero-order valence-corrected chi connectivity index (χ0v) is 18.2. The molecule has 0 aliphatic heterocycles. The van der Waals surface area contributed by atoms with Crippen LogP contribution in [0.1, 0.15) is 12.0 Å². The zero-order valence-electron chi connectivity index (χ0n) is 16.6. The SMILES string of the molecule is C=CCOc1c(Br)cc(C=NNC(=O)CC(=O)Nc2ccccc2OC)cc1OC. The van der Waals surface area contributed by atoms with Crippen molar-refractivity contribution < 1.29 is 23.8 Å². The number of rotatable bonds is 10. The van der Waals surface area contributed by atoms with Gasteiger partial charge in [-0.15, -0.1) is 0 Å². The summed E-state index contributed by atoms with van der Waals surface area (Å²) in [5, 5.41) is 6.51. The maximum Gasteiger partial charge on any atom is 0.249 e. The van der Waals surface area contributed by atoms with Crippen molar-refractivity contribution >= 4 is 39.6 Å². The zero-order chi connectivity index (χ0) is 21.9. The molecule has 9 heteroatoms. The van der Waals surface area contributed by atoms with Gasteiger partial charge in [-0.25, -0.2) is 5.43 Å². The second-order valence-corrected chi connectivity index (χ2v) is 6.71. The molecule has 0 fully saturated rings. The van der Waals surface area contributed by atoms with Crippen molar-refractivity contribution in [3.63, 3.8) is 0 Å².